The van der Waals surface area contributed by atoms with Crippen LogP contribution >= 0.6 is 11.8 Å². The molecule has 0 aliphatic heterocycles. The number of carbonyl (C=O) groups is 1. The van der Waals surface area contributed by atoms with E-state index in [4.69, 9.17) is 4.74 Å². The molecule has 2 heterocycles. The Morgan fingerprint density at radius 1 is 1.44 bits per heavy atom. The van der Waals surface area contributed by atoms with Crippen LogP contribution in [0.2, 0.25) is 0 Å². The molecule has 0 atom stereocenters. The van der Waals surface area contributed by atoms with E-state index in [2.05, 4.69) is 10.1 Å². The largest absolute Gasteiger partial charge is 0.448 e. The van der Waals surface area contributed by atoms with Crippen molar-refractivity contribution in [3.63, 3.8) is 0 Å². The molecule has 2 aromatic heterocycles. The van der Waals surface area contributed by atoms with Gasteiger partial charge in [0.15, 0.2) is 0 Å². The molecule has 0 unspecified atom stereocenters. The number of anilines is 1. The lowest BCUT2D eigenvalue weighted by Crippen LogP contribution is -2.32. The number of aromatic nitrogens is 3. The molecule has 136 valence electrons. The maximum Gasteiger partial charge on any atom is 0.441 e. The first-order chi connectivity index (χ1) is 11.8. The number of thioether (sulfide) groups is 1. The summed E-state index contributed by atoms with van der Waals surface area (Å²) in [5.74, 6) is -0.347. The second kappa shape index (κ2) is 8.24. The van der Waals surface area contributed by atoms with Crippen LogP contribution in [-0.2, 0) is 4.74 Å². The zero-order chi connectivity index (χ0) is 18.4. The van der Waals surface area contributed by atoms with Crippen LogP contribution in [0.3, 0.4) is 0 Å². The Kier molecular flexibility index (Phi) is 6.29. The Labute approximate surface area is 147 Å². The van der Waals surface area contributed by atoms with Crippen LogP contribution in [-0.4, -0.2) is 45.3 Å². The fourth-order valence-electron chi connectivity index (χ4n) is 2.10. The molecular formula is C15H17F3N4O2S. The third-order valence-electron chi connectivity index (χ3n) is 3.19. The third-order valence-corrected chi connectivity index (χ3v) is 3.88. The van der Waals surface area contributed by atoms with E-state index in [1.165, 1.54) is 4.90 Å². The van der Waals surface area contributed by atoms with E-state index in [0.717, 1.165) is 5.69 Å². The van der Waals surface area contributed by atoms with Crippen molar-refractivity contribution in [3.8, 4) is 5.69 Å². The minimum Gasteiger partial charge on any atom is -0.448 e. The smallest absolute Gasteiger partial charge is 0.441 e. The van der Waals surface area contributed by atoms with Crippen LogP contribution in [0, 0.1) is 6.92 Å². The average Bonchev–Trinajstić information content (AvgIpc) is 2.94. The lowest BCUT2D eigenvalue weighted by atomic mass is 10.3. The average molecular weight is 374 g/mol. The predicted octanol–water partition coefficient (Wildman–Crippen LogP) is 3.79. The van der Waals surface area contributed by atoms with E-state index in [9.17, 15) is 18.0 Å². The quantitative estimate of drug-likeness (QED) is 0.720. The first-order valence-corrected chi connectivity index (χ1v) is 8.42. The SMILES string of the molecule is CCN(C(=O)OCCSC(F)(F)F)c1cn(-c2cccnc2)nc1C. The van der Waals surface area contributed by atoms with Crippen molar-refractivity contribution < 1.29 is 22.7 Å². The molecule has 0 saturated heterocycles. The molecule has 0 bridgehead atoms. The van der Waals surface area contributed by atoms with Gasteiger partial charge in [-0.1, -0.05) is 0 Å². The van der Waals surface area contributed by atoms with Crippen molar-refractivity contribution in [1.82, 2.24) is 14.8 Å². The van der Waals surface area contributed by atoms with Crippen LogP contribution in [0.15, 0.2) is 30.7 Å². The number of nitrogens with zero attached hydrogens (tertiary/aromatic N) is 4. The van der Waals surface area contributed by atoms with Crippen molar-refractivity contribution in [2.24, 2.45) is 0 Å². The molecule has 0 fully saturated rings. The van der Waals surface area contributed by atoms with Gasteiger partial charge in [0.2, 0.25) is 0 Å². The molecule has 1 amide bonds. The van der Waals surface area contributed by atoms with Gasteiger partial charge in [-0.2, -0.15) is 18.3 Å². The molecule has 0 aromatic carbocycles. The van der Waals surface area contributed by atoms with Crippen LogP contribution < -0.4 is 4.90 Å². The highest BCUT2D eigenvalue weighted by atomic mass is 32.2. The first-order valence-electron chi connectivity index (χ1n) is 7.43. The van der Waals surface area contributed by atoms with Gasteiger partial charge in [-0.15, -0.1) is 0 Å². The van der Waals surface area contributed by atoms with Crippen LogP contribution in [0.1, 0.15) is 12.6 Å². The second-order valence-corrected chi connectivity index (χ2v) is 6.07. The van der Waals surface area contributed by atoms with Gasteiger partial charge in [-0.05, 0) is 37.7 Å². The Balaban J connectivity index is 2.05. The monoisotopic (exact) mass is 374 g/mol. The van der Waals surface area contributed by atoms with Gasteiger partial charge in [0.25, 0.3) is 0 Å². The lowest BCUT2D eigenvalue weighted by molar-refractivity contribution is -0.0330. The van der Waals surface area contributed by atoms with E-state index in [1.807, 2.05) is 6.07 Å². The maximum absolute atomic E-state index is 12.2. The Hall–Kier alpha value is -2.23. The Bertz CT molecular complexity index is 707. The topological polar surface area (TPSA) is 60.2 Å². The number of alkyl halides is 3. The number of aryl methyl sites for hydroxylation is 1. The van der Waals surface area contributed by atoms with Gasteiger partial charge in [-0.25, -0.2) is 9.48 Å². The van der Waals surface area contributed by atoms with Crippen molar-refractivity contribution in [2.45, 2.75) is 19.4 Å². The normalized spacial score (nSPS) is 11.4. The molecule has 0 saturated carbocycles. The molecule has 0 aliphatic rings. The molecule has 0 N–H and O–H groups in total. The summed E-state index contributed by atoms with van der Waals surface area (Å²) in [5.41, 5.74) is -2.49. The number of pyridine rings is 1. The zero-order valence-electron chi connectivity index (χ0n) is 13.7. The number of carbonyl (C=O) groups excluding carboxylic acids is 1. The minimum absolute atomic E-state index is 0.224. The molecule has 2 aromatic rings. The number of halogens is 3. The minimum atomic E-state index is -4.34. The van der Waals surface area contributed by atoms with Gasteiger partial charge < -0.3 is 4.74 Å². The fraction of sp³-hybridized carbons (Fsp3) is 0.400. The highest BCUT2D eigenvalue weighted by Gasteiger charge is 2.28. The third kappa shape index (κ3) is 5.38. The van der Waals surface area contributed by atoms with Gasteiger partial charge >= 0.3 is 11.6 Å². The highest BCUT2D eigenvalue weighted by molar-refractivity contribution is 8.00. The molecule has 0 radical (unpaired) electrons. The summed E-state index contributed by atoms with van der Waals surface area (Å²) in [6.07, 6.45) is 4.20. The molecule has 25 heavy (non-hydrogen) atoms. The number of hydrogen-bond acceptors (Lipinski definition) is 5. The van der Waals surface area contributed by atoms with Gasteiger partial charge in [0.05, 0.1) is 29.5 Å². The van der Waals surface area contributed by atoms with Crippen molar-refractivity contribution in [3.05, 3.63) is 36.4 Å². The molecule has 10 heteroatoms. The van der Waals surface area contributed by atoms with E-state index < -0.39 is 11.6 Å². The van der Waals surface area contributed by atoms with Crippen LogP contribution in [0.25, 0.3) is 5.69 Å². The summed E-state index contributed by atoms with van der Waals surface area (Å²) >= 11 is -0.224. The highest BCUT2D eigenvalue weighted by Crippen LogP contribution is 2.29. The summed E-state index contributed by atoms with van der Waals surface area (Å²) in [6, 6.07) is 3.57. The summed E-state index contributed by atoms with van der Waals surface area (Å²) in [4.78, 5) is 17.5. The lowest BCUT2D eigenvalue weighted by Gasteiger charge is -2.19. The zero-order valence-corrected chi connectivity index (χ0v) is 14.5. The van der Waals surface area contributed by atoms with Crippen LogP contribution in [0.5, 0.6) is 0 Å². The maximum atomic E-state index is 12.2. The molecular weight excluding hydrogens is 357 g/mol. The fourth-order valence-corrected chi connectivity index (χ4v) is 2.50. The van der Waals surface area contributed by atoms with Crippen molar-refractivity contribution in [1.29, 1.82) is 0 Å². The van der Waals surface area contributed by atoms with Crippen LogP contribution in [0.4, 0.5) is 23.7 Å². The van der Waals surface area contributed by atoms with E-state index >= 15 is 0 Å². The predicted molar refractivity (Wildman–Crippen MR) is 89.0 cm³/mol. The summed E-state index contributed by atoms with van der Waals surface area (Å²) in [6.45, 7) is 3.45. The van der Waals surface area contributed by atoms with Gasteiger partial charge in [0, 0.05) is 18.5 Å². The van der Waals surface area contributed by atoms with Crippen molar-refractivity contribution in [2.75, 3.05) is 23.8 Å². The van der Waals surface area contributed by atoms with E-state index in [1.54, 1.807) is 43.2 Å². The Morgan fingerprint density at radius 2 is 2.20 bits per heavy atom. The number of hydrogen-bond donors (Lipinski definition) is 0. The summed E-state index contributed by atoms with van der Waals surface area (Å²) in [7, 11) is 0. The molecule has 6 nitrogen and oxygen atoms in total. The molecule has 0 aliphatic carbocycles. The van der Waals surface area contributed by atoms with Gasteiger partial charge in [-0.3, -0.25) is 9.88 Å². The Morgan fingerprint density at radius 3 is 2.80 bits per heavy atom. The van der Waals surface area contributed by atoms with Crippen molar-refractivity contribution >= 4 is 23.5 Å². The molecule has 2 rings (SSSR count). The second-order valence-electron chi connectivity index (χ2n) is 4.91. The first kappa shape index (κ1) is 19.1. The van der Waals surface area contributed by atoms with E-state index in [0.29, 0.717) is 17.9 Å². The number of ether oxygens (including phenoxy) is 1. The summed E-state index contributed by atoms with van der Waals surface area (Å²) in [5, 5.41) is 4.34. The molecule has 0 spiro atoms. The summed E-state index contributed by atoms with van der Waals surface area (Å²) < 4.78 is 42.8. The van der Waals surface area contributed by atoms with Gasteiger partial charge in [0.1, 0.15) is 6.61 Å². The number of rotatable bonds is 6. The number of amides is 1. The van der Waals surface area contributed by atoms with E-state index in [-0.39, 0.29) is 24.1 Å². The standard InChI is InChI=1S/C15H17F3N4O2S/c1-3-21(14(23)24-7-8-25-15(16,17)18)13-10-22(20-11(13)2)12-5-4-6-19-9-12/h4-6,9-10H,3,7-8H2,1-2H3.